The molecule has 1 rings (SSSR count). The average Bonchev–Trinajstić information content (AvgIpc) is 2.77. The van der Waals surface area contributed by atoms with Gasteiger partial charge in [-0.1, -0.05) is 92.4 Å². The minimum absolute atomic E-state index is 0.0732. The summed E-state index contributed by atoms with van der Waals surface area (Å²) in [5, 5.41) is 0. The molecule has 0 saturated carbocycles. The van der Waals surface area contributed by atoms with Gasteiger partial charge < -0.3 is 4.90 Å². The van der Waals surface area contributed by atoms with E-state index < -0.39 is 34.9 Å². The number of hydrogen-bond acceptors (Lipinski definition) is 1. The molecule has 0 aliphatic carbocycles. The van der Waals surface area contributed by atoms with Crippen LogP contribution in [0.4, 0.5) is 32.0 Å². The number of nitrogens with zero attached hydrogens (tertiary/aromatic N) is 1. The molecule has 1 nitrogen and oxygen atoms in total. The van der Waals surface area contributed by atoms with Crippen molar-refractivity contribution in [3.63, 3.8) is 0 Å². The number of rotatable bonds is 16. The summed E-state index contributed by atoms with van der Waals surface area (Å²) in [5.41, 5.74) is -2.64. The molecule has 0 saturated heterocycles. The molecule has 3 unspecified atom stereocenters. The van der Waals surface area contributed by atoms with E-state index in [4.69, 9.17) is 0 Å². The molecule has 198 valence electrons. The first kappa shape index (κ1) is 30.6. The SMILES string of the molecule is CCCCC(CC)CCN(CC(C)C(CCC)CCCC)c1cc(F)c(F)c(C(F)(F)F)c1F. The van der Waals surface area contributed by atoms with Gasteiger partial charge in [-0.2, -0.15) is 13.2 Å². The van der Waals surface area contributed by atoms with Gasteiger partial charge in [-0.15, -0.1) is 0 Å². The molecule has 0 spiro atoms. The van der Waals surface area contributed by atoms with Crippen molar-refractivity contribution in [1.29, 1.82) is 0 Å². The zero-order valence-corrected chi connectivity index (χ0v) is 21.5. The third-order valence-electron chi connectivity index (χ3n) is 7.01. The fourth-order valence-corrected chi connectivity index (χ4v) is 4.81. The van der Waals surface area contributed by atoms with Gasteiger partial charge in [0.15, 0.2) is 17.5 Å². The molecule has 1 aromatic rings. The molecule has 34 heavy (non-hydrogen) atoms. The lowest BCUT2D eigenvalue weighted by Gasteiger charge is -2.34. The molecule has 1 aromatic carbocycles. The van der Waals surface area contributed by atoms with Crippen LogP contribution in [0.3, 0.4) is 0 Å². The lowest BCUT2D eigenvalue weighted by Crippen LogP contribution is -2.35. The summed E-state index contributed by atoms with van der Waals surface area (Å²) in [5.74, 6) is -4.81. The van der Waals surface area contributed by atoms with E-state index in [2.05, 4.69) is 27.7 Å². The summed E-state index contributed by atoms with van der Waals surface area (Å²) in [6, 6.07) is 0.598. The summed E-state index contributed by atoms with van der Waals surface area (Å²) in [6.07, 6.45) is 4.34. The van der Waals surface area contributed by atoms with Crippen LogP contribution >= 0.6 is 0 Å². The van der Waals surface area contributed by atoms with Crippen molar-refractivity contribution >= 4 is 5.69 Å². The van der Waals surface area contributed by atoms with Crippen LogP contribution in [0.15, 0.2) is 6.07 Å². The van der Waals surface area contributed by atoms with Gasteiger partial charge in [0.2, 0.25) is 0 Å². The first-order valence-electron chi connectivity index (χ1n) is 13.0. The largest absolute Gasteiger partial charge is 0.422 e. The van der Waals surface area contributed by atoms with Gasteiger partial charge in [-0.05, 0) is 24.2 Å². The number of anilines is 1. The highest BCUT2D eigenvalue weighted by atomic mass is 19.4. The van der Waals surface area contributed by atoms with Crippen LogP contribution in [0, 0.1) is 35.2 Å². The maximum atomic E-state index is 15.1. The second-order valence-electron chi connectivity index (χ2n) is 9.70. The molecule has 0 aliphatic heterocycles. The standard InChI is InChI=1S/C27H43F6N/c1-6-10-13-20(9-4)15-16-34(18-19(5)21(12-8-3)14-11-7-2)23-17-22(28)25(29)24(26(23)30)27(31,32)33/h17,19-21H,6-16,18H2,1-5H3. The monoisotopic (exact) mass is 495 g/mol. The van der Waals surface area contributed by atoms with Crippen molar-refractivity contribution in [3.05, 3.63) is 29.1 Å². The summed E-state index contributed by atoms with van der Waals surface area (Å²) < 4.78 is 83.6. The Bertz CT molecular complexity index is 718. The zero-order chi connectivity index (χ0) is 25.9. The fourth-order valence-electron chi connectivity index (χ4n) is 4.81. The lowest BCUT2D eigenvalue weighted by molar-refractivity contribution is -0.142. The van der Waals surface area contributed by atoms with Gasteiger partial charge in [0.25, 0.3) is 0 Å². The maximum absolute atomic E-state index is 15.1. The molecule has 0 amide bonds. The zero-order valence-electron chi connectivity index (χ0n) is 21.5. The Morgan fingerprint density at radius 1 is 0.824 bits per heavy atom. The van der Waals surface area contributed by atoms with E-state index in [9.17, 15) is 22.0 Å². The molecule has 0 aromatic heterocycles. The van der Waals surface area contributed by atoms with Crippen LogP contribution in [0.25, 0.3) is 0 Å². The summed E-state index contributed by atoms with van der Waals surface area (Å²) in [4.78, 5) is 1.53. The number of alkyl halides is 3. The second kappa shape index (κ2) is 14.9. The van der Waals surface area contributed by atoms with E-state index in [-0.39, 0.29) is 5.92 Å². The highest BCUT2D eigenvalue weighted by molar-refractivity contribution is 5.52. The minimum atomic E-state index is -5.32. The molecule has 0 N–H and O–H groups in total. The van der Waals surface area contributed by atoms with E-state index in [1.165, 1.54) is 4.90 Å². The van der Waals surface area contributed by atoms with Gasteiger partial charge >= 0.3 is 6.18 Å². The van der Waals surface area contributed by atoms with Crippen molar-refractivity contribution in [3.8, 4) is 0 Å². The quantitative estimate of drug-likeness (QED) is 0.163. The van der Waals surface area contributed by atoms with E-state index in [1.807, 2.05) is 6.92 Å². The highest BCUT2D eigenvalue weighted by Gasteiger charge is 2.41. The lowest BCUT2D eigenvalue weighted by atomic mass is 9.85. The van der Waals surface area contributed by atoms with Gasteiger partial charge in [-0.25, -0.2) is 13.2 Å². The Morgan fingerprint density at radius 3 is 1.97 bits per heavy atom. The smallest absolute Gasteiger partial charge is 0.369 e. The van der Waals surface area contributed by atoms with Crippen molar-refractivity contribution in [1.82, 2.24) is 0 Å². The average molecular weight is 496 g/mol. The van der Waals surface area contributed by atoms with Crippen LogP contribution in [0.5, 0.6) is 0 Å². The highest BCUT2D eigenvalue weighted by Crippen LogP contribution is 2.39. The molecule has 0 aliphatic rings. The van der Waals surface area contributed by atoms with Gasteiger partial charge in [0.05, 0.1) is 5.69 Å². The summed E-state index contributed by atoms with van der Waals surface area (Å²) >= 11 is 0. The molecule has 3 atom stereocenters. The van der Waals surface area contributed by atoms with E-state index in [1.54, 1.807) is 0 Å². The third kappa shape index (κ3) is 8.99. The van der Waals surface area contributed by atoms with Crippen molar-refractivity contribution in [2.75, 3.05) is 18.0 Å². The van der Waals surface area contributed by atoms with Gasteiger partial charge in [0.1, 0.15) is 5.56 Å². The molecule has 0 heterocycles. The van der Waals surface area contributed by atoms with E-state index >= 15 is 4.39 Å². The molecule has 0 fully saturated rings. The second-order valence-corrected chi connectivity index (χ2v) is 9.70. The van der Waals surface area contributed by atoms with Crippen molar-refractivity contribution in [2.24, 2.45) is 17.8 Å². The molecule has 0 bridgehead atoms. The molecule has 0 radical (unpaired) electrons. The predicted molar refractivity (Wildman–Crippen MR) is 129 cm³/mol. The minimum Gasteiger partial charge on any atom is -0.369 e. The Labute approximate surface area is 202 Å². The number of benzene rings is 1. The number of hydrogen-bond donors (Lipinski definition) is 0. The molecule has 7 heteroatoms. The molecular weight excluding hydrogens is 452 g/mol. The van der Waals surface area contributed by atoms with Crippen LogP contribution in [0.1, 0.15) is 104 Å². The van der Waals surface area contributed by atoms with E-state index in [0.717, 1.165) is 57.8 Å². The summed E-state index contributed by atoms with van der Waals surface area (Å²) in [6.45, 7) is 11.0. The summed E-state index contributed by atoms with van der Waals surface area (Å²) in [7, 11) is 0. The van der Waals surface area contributed by atoms with E-state index in [0.29, 0.717) is 37.4 Å². The van der Waals surface area contributed by atoms with Crippen molar-refractivity contribution in [2.45, 2.75) is 105 Å². The fraction of sp³-hybridized carbons (Fsp3) is 0.778. The number of halogens is 6. The van der Waals surface area contributed by atoms with Crippen LogP contribution in [-0.4, -0.2) is 13.1 Å². The van der Waals surface area contributed by atoms with Gasteiger partial charge in [0, 0.05) is 19.2 Å². The van der Waals surface area contributed by atoms with Crippen LogP contribution in [-0.2, 0) is 6.18 Å². The third-order valence-corrected chi connectivity index (χ3v) is 7.01. The predicted octanol–water partition coefficient (Wildman–Crippen LogP) is 9.78. The van der Waals surface area contributed by atoms with Crippen molar-refractivity contribution < 1.29 is 26.3 Å². The topological polar surface area (TPSA) is 3.24 Å². The van der Waals surface area contributed by atoms with Crippen LogP contribution < -0.4 is 4.90 Å². The number of unbranched alkanes of at least 4 members (excludes halogenated alkanes) is 2. The van der Waals surface area contributed by atoms with Crippen LogP contribution in [0.2, 0.25) is 0 Å². The first-order chi connectivity index (χ1) is 16.0. The normalized spacial score (nSPS) is 14.8. The molecular formula is C27H43F6N. The Kier molecular flexibility index (Phi) is 13.4. The first-order valence-corrected chi connectivity index (χ1v) is 13.0. The Morgan fingerprint density at radius 2 is 1.44 bits per heavy atom. The Balaban J connectivity index is 3.35. The maximum Gasteiger partial charge on any atom is 0.422 e. The Hall–Kier alpha value is -1.40. The van der Waals surface area contributed by atoms with Gasteiger partial charge in [-0.3, -0.25) is 0 Å².